The topological polar surface area (TPSA) is 110 Å². The Kier molecular flexibility index (Phi) is 5.13. The molecule has 1 atom stereocenters. The lowest BCUT2D eigenvalue weighted by Gasteiger charge is -2.16. The molecule has 0 saturated heterocycles. The predicted molar refractivity (Wildman–Crippen MR) is 98.5 cm³/mol. The molecule has 0 spiro atoms. The number of carbonyl (C=O) groups excluding carboxylic acids is 1. The van der Waals surface area contributed by atoms with Gasteiger partial charge in [-0.15, -0.1) is 11.3 Å². The first-order chi connectivity index (χ1) is 12.5. The van der Waals surface area contributed by atoms with E-state index in [1.54, 1.807) is 18.2 Å². The smallest absolute Gasteiger partial charge is 0.348 e. The van der Waals surface area contributed by atoms with E-state index in [9.17, 15) is 24.8 Å². The maximum atomic E-state index is 12.4. The third-order valence-electron chi connectivity index (χ3n) is 4.17. The van der Waals surface area contributed by atoms with Crippen molar-refractivity contribution in [2.75, 3.05) is 5.32 Å². The summed E-state index contributed by atoms with van der Waals surface area (Å²) >= 11 is 0.979. The van der Waals surface area contributed by atoms with Crippen LogP contribution < -0.4 is 5.32 Å². The monoisotopic (exact) mass is 372 g/mol. The zero-order chi connectivity index (χ0) is 18.7. The number of allylic oxidation sites excluding steroid dienone is 2. The number of nitro groups is 1. The van der Waals surface area contributed by atoms with Gasteiger partial charge in [0, 0.05) is 22.9 Å². The maximum Gasteiger partial charge on any atom is 0.348 e. The molecule has 1 aromatic carbocycles. The van der Waals surface area contributed by atoms with E-state index in [-0.39, 0.29) is 28.1 Å². The van der Waals surface area contributed by atoms with Crippen LogP contribution in [-0.2, 0) is 4.79 Å². The van der Waals surface area contributed by atoms with E-state index in [1.165, 1.54) is 12.1 Å². The standard InChI is InChI=1S/C18H16N2O5S/c21-17(11-5-2-1-3-6-11)19-14-10-15(26-16(14)18(22)23)12-7-4-8-13(9-12)20(24)25/h1-2,4,7-11H,3,5-6H2,(H,19,21)(H,22,23)/t11-/m1/s1. The Morgan fingerprint density at radius 3 is 2.73 bits per heavy atom. The van der Waals surface area contributed by atoms with Gasteiger partial charge in [0.15, 0.2) is 0 Å². The van der Waals surface area contributed by atoms with Crippen molar-refractivity contribution in [1.29, 1.82) is 0 Å². The SMILES string of the molecule is O=C(O)c1sc(-c2cccc([N+](=O)[O-])c2)cc1NC(=O)[C@@H]1CC=CCC1. The van der Waals surface area contributed by atoms with Crippen molar-refractivity contribution >= 4 is 34.6 Å². The van der Waals surface area contributed by atoms with Gasteiger partial charge >= 0.3 is 5.97 Å². The summed E-state index contributed by atoms with van der Waals surface area (Å²) in [4.78, 5) is 34.9. The van der Waals surface area contributed by atoms with Crippen molar-refractivity contribution in [2.45, 2.75) is 19.3 Å². The average Bonchev–Trinajstić information content (AvgIpc) is 3.06. The molecule has 1 aliphatic rings. The Hall–Kier alpha value is -3.00. The van der Waals surface area contributed by atoms with Crippen LogP contribution in [0.1, 0.15) is 28.9 Å². The zero-order valence-electron chi connectivity index (χ0n) is 13.7. The van der Waals surface area contributed by atoms with E-state index in [2.05, 4.69) is 5.32 Å². The van der Waals surface area contributed by atoms with Gasteiger partial charge in [0.2, 0.25) is 5.91 Å². The molecular weight excluding hydrogens is 356 g/mol. The molecule has 0 unspecified atom stereocenters. The number of nitro benzene ring substituents is 1. The van der Waals surface area contributed by atoms with Crippen LogP contribution >= 0.6 is 11.3 Å². The summed E-state index contributed by atoms with van der Waals surface area (Å²) in [7, 11) is 0. The number of aromatic carboxylic acids is 1. The van der Waals surface area contributed by atoms with Gasteiger partial charge in [-0.3, -0.25) is 14.9 Å². The summed E-state index contributed by atoms with van der Waals surface area (Å²) in [5.41, 5.74) is 0.684. The van der Waals surface area contributed by atoms with Crippen LogP contribution in [0.4, 0.5) is 11.4 Å². The summed E-state index contributed by atoms with van der Waals surface area (Å²) in [5, 5.41) is 23.1. The first kappa shape index (κ1) is 17.8. The second-order valence-corrected chi connectivity index (χ2v) is 6.99. The third-order valence-corrected chi connectivity index (χ3v) is 5.34. The van der Waals surface area contributed by atoms with Gasteiger partial charge in [-0.25, -0.2) is 4.79 Å². The molecule has 2 N–H and O–H groups in total. The van der Waals surface area contributed by atoms with Crippen LogP contribution in [0.15, 0.2) is 42.5 Å². The van der Waals surface area contributed by atoms with E-state index < -0.39 is 10.9 Å². The van der Waals surface area contributed by atoms with Crippen molar-refractivity contribution in [2.24, 2.45) is 5.92 Å². The predicted octanol–water partition coefficient (Wildman–Crippen LogP) is 4.32. The van der Waals surface area contributed by atoms with E-state index in [0.29, 0.717) is 16.9 Å². The Morgan fingerprint density at radius 1 is 1.27 bits per heavy atom. The van der Waals surface area contributed by atoms with Crippen molar-refractivity contribution < 1.29 is 19.6 Å². The summed E-state index contributed by atoms with van der Waals surface area (Å²) < 4.78 is 0. The number of nitrogens with zero attached hydrogens (tertiary/aromatic N) is 1. The van der Waals surface area contributed by atoms with Crippen LogP contribution in [0, 0.1) is 16.0 Å². The molecule has 26 heavy (non-hydrogen) atoms. The molecule has 0 radical (unpaired) electrons. The number of amides is 1. The van der Waals surface area contributed by atoms with Gasteiger partial charge in [-0.05, 0) is 30.9 Å². The lowest BCUT2D eigenvalue weighted by Crippen LogP contribution is -2.24. The molecule has 1 amide bonds. The summed E-state index contributed by atoms with van der Waals surface area (Å²) in [6, 6.07) is 7.52. The highest BCUT2D eigenvalue weighted by atomic mass is 32.1. The van der Waals surface area contributed by atoms with Gasteiger partial charge in [0.1, 0.15) is 4.88 Å². The van der Waals surface area contributed by atoms with Gasteiger partial charge in [0.05, 0.1) is 10.6 Å². The molecule has 1 heterocycles. The van der Waals surface area contributed by atoms with Crippen LogP contribution in [0.3, 0.4) is 0 Å². The Morgan fingerprint density at radius 2 is 2.08 bits per heavy atom. The highest BCUT2D eigenvalue weighted by molar-refractivity contribution is 7.18. The molecule has 1 aromatic heterocycles. The molecule has 0 bridgehead atoms. The Balaban J connectivity index is 1.90. The minimum atomic E-state index is -1.15. The fraction of sp³-hybridized carbons (Fsp3) is 0.222. The number of thiophene rings is 1. The molecule has 1 aliphatic carbocycles. The molecule has 0 aliphatic heterocycles. The lowest BCUT2D eigenvalue weighted by atomic mass is 9.93. The lowest BCUT2D eigenvalue weighted by molar-refractivity contribution is -0.384. The van der Waals surface area contributed by atoms with Gasteiger partial charge in [-0.2, -0.15) is 0 Å². The minimum Gasteiger partial charge on any atom is -0.477 e. The van der Waals surface area contributed by atoms with Crippen LogP contribution in [-0.4, -0.2) is 21.9 Å². The minimum absolute atomic E-state index is 0.00575. The van der Waals surface area contributed by atoms with Gasteiger partial charge in [-0.1, -0.05) is 24.3 Å². The summed E-state index contributed by atoms with van der Waals surface area (Å²) in [6.45, 7) is 0. The number of non-ortho nitro benzene ring substituents is 1. The van der Waals surface area contributed by atoms with Crippen LogP contribution in [0.25, 0.3) is 10.4 Å². The molecule has 2 aromatic rings. The molecule has 134 valence electrons. The molecule has 0 fully saturated rings. The number of hydrogen-bond donors (Lipinski definition) is 2. The highest BCUT2D eigenvalue weighted by Gasteiger charge is 2.23. The van der Waals surface area contributed by atoms with Crippen molar-refractivity contribution in [3.63, 3.8) is 0 Å². The number of rotatable bonds is 5. The fourth-order valence-electron chi connectivity index (χ4n) is 2.82. The quantitative estimate of drug-likeness (QED) is 0.461. The van der Waals surface area contributed by atoms with Gasteiger partial charge < -0.3 is 10.4 Å². The zero-order valence-corrected chi connectivity index (χ0v) is 14.5. The normalized spacial score (nSPS) is 16.2. The number of carbonyl (C=O) groups is 2. The van der Waals surface area contributed by atoms with Crippen molar-refractivity contribution in [3.8, 4) is 10.4 Å². The first-order valence-corrected chi connectivity index (χ1v) is 8.85. The van der Waals surface area contributed by atoms with Crippen molar-refractivity contribution in [3.05, 3.63) is 57.5 Å². The fourth-order valence-corrected chi connectivity index (χ4v) is 3.77. The molecule has 0 saturated carbocycles. The second kappa shape index (κ2) is 7.49. The van der Waals surface area contributed by atoms with E-state index >= 15 is 0 Å². The molecule has 7 nitrogen and oxygen atoms in total. The number of carboxylic acids is 1. The van der Waals surface area contributed by atoms with E-state index in [4.69, 9.17) is 0 Å². The summed E-state index contributed by atoms with van der Waals surface area (Å²) in [5.74, 6) is -1.53. The van der Waals surface area contributed by atoms with Crippen molar-refractivity contribution in [1.82, 2.24) is 0 Å². The van der Waals surface area contributed by atoms with E-state index in [1.807, 2.05) is 12.2 Å². The number of nitrogens with one attached hydrogen (secondary N) is 1. The molecule has 8 heteroatoms. The number of anilines is 1. The van der Waals surface area contributed by atoms with Crippen LogP contribution in [0.5, 0.6) is 0 Å². The summed E-state index contributed by atoms with van der Waals surface area (Å²) in [6.07, 6.45) is 6.17. The average molecular weight is 372 g/mol. The molecule has 3 rings (SSSR count). The number of hydrogen-bond acceptors (Lipinski definition) is 5. The Bertz CT molecular complexity index is 903. The second-order valence-electron chi connectivity index (χ2n) is 5.94. The molecular formula is C18H16N2O5S. The maximum absolute atomic E-state index is 12.4. The van der Waals surface area contributed by atoms with E-state index in [0.717, 1.165) is 24.2 Å². The Labute approximate surface area is 153 Å². The van der Waals surface area contributed by atoms with Gasteiger partial charge in [0.25, 0.3) is 5.69 Å². The highest BCUT2D eigenvalue weighted by Crippen LogP contribution is 2.36. The number of benzene rings is 1. The first-order valence-electron chi connectivity index (χ1n) is 8.03. The third kappa shape index (κ3) is 3.80. The number of carboxylic acid groups (broad SMARTS) is 1. The van der Waals surface area contributed by atoms with Crippen LogP contribution in [0.2, 0.25) is 0 Å². The largest absolute Gasteiger partial charge is 0.477 e.